The first-order chi connectivity index (χ1) is 8.67. The van der Waals surface area contributed by atoms with E-state index in [0.717, 1.165) is 36.4 Å². The third-order valence-corrected chi connectivity index (χ3v) is 3.08. The van der Waals surface area contributed by atoms with E-state index in [9.17, 15) is 4.39 Å². The lowest BCUT2D eigenvalue weighted by molar-refractivity contribution is 0.527. The van der Waals surface area contributed by atoms with Crippen molar-refractivity contribution in [3.8, 4) is 0 Å². The van der Waals surface area contributed by atoms with Crippen molar-refractivity contribution in [2.24, 2.45) is 0 Å². The van der Waals surface area contributed by atoms with Gasteiger partial charge in [-0.15, -0.1) is 0 Å². The molecule has 1 aromatic heterocycles. The number of aryl methyl sites for hydroxylation is 1. The van der Waals surface area contributed by atoms with Crippen LogP contribution in [-0.2, 0) is 6.54 Å². The Morgan fingerprint density at radius 2 is 2.17 bits per heavy atom. The van der Waals surface area contributed by atoms with E-state index in [-0.39, 0.29) is 11.9 Å². The predicted octanol–water partition coefficient (Wildman–Crippen LogP) is 3.26. The van der Waals surface area contributed by atoms with Gasteiger partial charge in [0, 0.05) is 12.6 Å². The van der Waals surface area contributed by atoms with Crippen molar-refractivity contribution < 1.29 is 4.39 Å². The maximum absolute atomic E-state index is 13.2. The van der Waals surface area contributed by atoms with E-state index in [1.807, 2.05) is 6.07 Å². The van der Waals surface area contributed by atoms with Gasteiger partial charge in [-0.1, -0.05) is 13.8 Å². The smallest absolute Gasteiger partial charge is 0.126 e. The van der Waals surface area contributed by atoms with Gasteiger partial charge in [0.15, 0.2) is 0 Å². The average molecular weight is 249 g/mol. The fraction of sp³-hybridized carbons (Fsp3) is 0.500. The monoisotopic (exact) mass is 249 g/mol. The summed E-state index contributed by atoms with van der Waals surface area (Å²) < 4.78 is 15.4. The molecule has 3 nitrogen and oxygen atoms in total. The van der Waals surface area contributed by atoms with Gasteiger partial charge in [-0.3, -0.25) is 0 Å². The highest BCUT2D eigenvalue weighted by Gasteiger charge is 2.15. The molecule has 0 amide bonds. The van der Waals surface area contributed by atoms with Crippen LogP contribution in [0.4, 0.5) is 4.39 Å². The summed E-state index contributed by atoms with van der Waals surface area (Å²) in [5, 5.41) is 3.36. The Hall–Kier alpha value is -1.42. The molecule has 1 aromatic carbocycles. The molecule has 0 aliphatic heterocycles. The van der Waals surface area contributed by atoms with Crippen molar-refractivity contribution in [3.63, 3.8) is 0 Å². The Balaban J connectivity index is 2.53. The summed E-state index contributed by atoms with van der Waals surface area (Å²) in [4.78, 5) is 4.57. The first-order valence-corrected chi connectivity index (χ1v) is 6.56. The maximum Gasteiger partial charge on any atom is 0.126 e. The van der Waals surface area contributed by atoms with E-state index < -0.39 is 0 Å². The van der Waals surface area contributed by atoms with Crippen molar-refractivity contribution >= 4 is 11.0 Å². The fourth-order valence-electron chi connectivity index (χ4n) is 2.31. The van der Waals surface area contributed by atoms with Gasteiger partial charge in [0.05, 0.1) is 17.1 Å². The number of aromatic nitrogens is 2. The van der Waals surface area contributed by atoms with Crippen molar-refractivity contribution in [1.82, 2.24) is 14.9 Å². The zero-order chi connectivity index (χ0) is 13.1. The molecule has 0 aliphatic rings. The molecule has 2 rings (SSSR count). The predicted molar refractivity (Wildman–Crippen MR) is 72.1 cm³/mol. The Labute approximate surface area is 107 Å². The molecule has 0 aliphatic carbocycles. The van der Waals surface area contributed by atoms with Gasteiger partial charge in [-0.05, 0) is 32.0 Å². The molecule has 1 N–H and O–H groups in total. The molecule has 98 valence electrons. The maximum atomic E-state index is 13.2. The summed E-state index contributed by atoms with van der Waals surface area (Å²) in [5.41, 5.74) is 1.75. The molecule has 0 spiro atoms. The van der Waals surface area contributed by atoms with Crippen LogP contribution in [0, 0.1) is 5.82 Å². The summed E-state index contributed by atoms with van der Waals surface area (Å²) >= 11 is 0. The lowest BCUT2D eigenvalue weighted by atomic mass is 10.3. The summed E-state index contributed by atoms with van der Waals surface area (Å²) in [5.74, 6) is 0.755. The van der Waals surface area contributed by atoms with E-state index in [2.05, 4.69) is 35.6 Å². The molecule has 1 heterocycles. The topological polar surface area (TPSA) is 29.9 Å². The van der Waals surface area contributed by atoms with E-state index in [1.54, 1.807) is 0 Å². The van der Waals surface area contributed by atoms with Gasteiger partial charge in [-0.25, -0.2) is 9.37 Å². The zero-order valence-corrected chi connectivity index (χ0v) is 11.2. The van der Waals surface area contributed by atoms with Crippen LogP contribution < -0.4 is 5.32 Å². The van der Waals surface area contributed by atoms with Crippen LogP contribution in [0.5, 0.6) is 0 Å². The number of rotatable bonds is 5. The molecule has 18 heavy (non-hydrogen) atoms. The average Bonchev–Trinajstić information content (AvgIpc) is 2.68. The Bertz CT molecular complexity index is 533. The minimum Gasteiger partial charge on any atom is -0.327 e. The van der Waals surface area contributed by atoms with Crippen molar-refractivity contribution in [1.29, 1.82) is 0 Å². The Morgan fingerprint density at radius 3 is 2.83 bits per heavy atom. The number of hydrogen-bond donors (Lipinski definition) is 1. The molecule has 0 bridgehead atoms. The van der Waals surface area contributed by atoms with Gasteiger partial charge in [-0.2, -0.15) is 0 Å². The molecule has 0 fully saturated rings. The largest absolute Gasteiger partial charge is 0.327 e. The molecule has 0 radical (unpaired) electrons. The highest BCUT2D eigenvalue weighted by atomic mass is 19.1. The van der Waals surface area contributed by atoms with Gasteiger partial charge in [0.1, 0.15) is 11.6 Å². The van der Waals surface area contributed by atoms with Crippen molar-refractivity contribution in [2.45, 2.75) is 39.8 Å². The third kappa shape index (κ3) is 2.38. The highest BCUT2D eigenvalue weighted by Crippen LogP contribution is 2.22. The van der Waals surface area contributed by atoms with Crippen LogP contribution in [0.25, 0.3) is 11.0 Å². The van der Waals surface area contributed by atoms with Crippen LogP contribution in [0.15, 0.2) is 18.2 Å². The first kappa shape index (κ1) is 13.0. The van der Waals surface area contributed by atoms with Gasteiger partial charge in [0.2, 0.25) is 0 Å². The standard InChI is InChI=1S/C14H20FN3/c1-4-8-18-13-7-6-11(15)9-12(13)17-14(18)10(3)16-5-2/h6-7,9-10,16H,4-5,8H2,1-3H3. The van der Waals surface area contributed by atoms with Crippen molar-refractivity contribution in [2.75, 3.05) is 6.54 Å². The zero-order valence-electron chi connectivity index (χ0n) is 11.2. The molecule has 2 aromatic rings. The second kappa shape index (κ2) is 5.48. The van der Waals surface area contributed by atoms with E-state index in [0.29, 0.717) is 0 Å². The Kier molecular flexibility index (Phi) is 3.97. The SMILES string of the molecule is CCCn1c(C(C)NCC)nc2cc(F)ccc21. The number of nitrogens with zero attached hydrogens (tertiary/aromatic N) is 2. The lowest BCUT2D eigenvalue weighted by Gasteiger charge is -2.14. The van der Waals surface area contributed by atoms with Crippen LogP contribution >= 0.6 is 0 Å². The summed E-state index contributed by atoms with van der Waals surface area (Å²) in [7, 11) is 0. The number of halogens is 1. The second-order valence-electron chi connectivity index (χ2n) is 4.53. The second-order valence-corrected chi connectivity index (χ2v) is 4.53. The molecule has 1 unspecified atom stereocenters. The van der Waals surface area contributed by atoms with E-state index >= 15 is 0 Å². The number of fused-ring (bicyclic) bond motifs is 1. The summed E-state index contributed by atoms with van der Waals surface area (Å²) in [6.45, 7) is 8.10. The third-order valence-electron chi connectivity index (χ3n) is 3.08. The van der Waals surface area contributed by atoms with Gasteiger partial charge in [0.25, 0.3) is 0 Å². The lowest BCUT2D eigenvalue weighted by Crippen LogP contribution is -2.21. The number of nitrogens with one attached hydrogen (secondary N) is 1. The van der Waals surface area contributed by atoms with Gasteiger partial charge >= 0.3 is 0 Å². The summed E-state index contributed by atoms with van der Waals surface area (Å²) in [6, 6.07) is 4.99. The molecule has 0 saturated carbocycles. The van der Waals surface area contributed by atoms with Gasteiger partial charge < -0.3 is 9.88 Å². The van der Waals surface area contributed by atoms with Crippen LogP contribution in [-0.4, -0.2) is 16.1 Å². The minimum atomic E-state index is -0.230. The molecule has 4 heteroatoms. The normalized spacial score (nSPS) is 13.1. The highest BCUT2D eigenvalue weighted by molar-refractivity contribution is 5.76. The number of imidazole rings is 1. The van der Waals surface area contributed by atoms with Crippen LogP contribution in [0.2, 0.25) is 0 Å². The van der Waals surface area contributed by atoms with Crippen molar-refractivity contribution in [3.05, 3.63) is 29.8 Å². The van der Waals surface area contributed by atoms with Crippen LogP contribution in [0.1, 0.15) is 39.1 Å². The number of hydrogen-bond acceptors (Lipinski definition) is 2. The number of benzene rings is 1. The summed E-state index contributed by atoms with van der Waals surface area (Å²) in [6.07, 6.45) is 1.04. The van der Waals surface area contributed by atoms with E-state index in [4.69, 9.17) is 0 Å². The quantitative estimate of drug-likeness (QED) is 0.881. The minimum absolute atomic E-state index is 0.178. The van der Waals surface area contributed by atoms with E-state index in [1.165, 1.54) is 12.1 Å². The molecular weight excluding hydrogens is 229 g/mol. The van der Waals surface area contributed by atoms with Crippen LogP contribution in [0.3, 0.4) is 0 Å². The Morgan fingerprint density at radius 1 is 1.39 bits per heavy atom. The molecule has 0 saturated heterocycles. The molecule has 1 atom stereocenters. The first-order valence-electron chi connectivity index (χ1n) is 6.56. The molecular formula is C14H20FN3. The fourth-order valence-corrected chi connectivity index (χ4v) is 2.31.